The Morgan fingerprint density at radius 1 is 0.275 bits per heavy atom. The number of aromatic nitrogens is 5. The Balaban J connectivity index is 1.10. The first kappa shape index (κ1) is 39.2. The van der Waals surface area contributed by atoms with E-state index in [4.69, 9.17) is 15.0 Å². The van der Waals surface area contributed by atoms with Crippen molar-refractivity contribution in [1.29, 1.82) is 0 Å². The smallest absolute Gasteiger partial charge is 0.240 e. The van der Waals surface area contributed by atoms with E-state index < -0.39 is 8.07 Å². The molecule has 13 aromatic rings. The zero-order valence-electron chi connectivity index (χ0n) is 37.4. The van der Waals surface area contributed by atoms with Crippen LogP contribution < -0.4 is 20.7 Å². The minimum Gasteiger partial charge on any atom is -0.278 e. The van der Waals surface area contributed by atoms with Crippen LogP contribution in [0.1, 0.15) is 0 Å². The highest BCUT2D eigenvalue weighted by Gasteiger charge is 2.45. The van der Waals surface area contributed by atoms with E-state index in [1.807, 2.05) is 0 Å². The molecule has 0 aliphatic carbocycles. The van der Waals surface area contributed by atoms with Gasteiger partial charge in [0.2, 0.25) is 11.9 Å². The van der Waals surface area contributed by atoms with Gasteiger partial charge in [-0.2, -0.15) is 15.0 Å². The highest BCUT2D eigenvalue weighted by atomic mass is 28.3. The zero-order valence-corrected chi connectivity index (χ0v) is 38.4. The first-order chi connectivity index (χ1) is 34.3. The number of nitrogens with zero attached hydrogens (tertiary/aromatic N) is 5. The van der Waals surface area contributed by atoms with Crippen LogP contribution in [0.15, 0.2) is 249 Å². The van der Waals surface area contributed by atoms with E-state index >= 15 is 0 Å². The Labute approximate surface area is 399 Å². The van der Waals surface area contributed by atoms with Crippen LogP contribution >= 0.6 is 0 Å². The summed E-state index contributed by atoms with van der Waals surface area (Å²) in [6, 6.07) is 90.8. The van der Waals surface area contributed by atoms with Gasteiger partial charge in [0, 0.05) is 27.1 Å². The maximum atomic E-state index is 5.54. The van der Waals surface area contributed by atoms with Gasteiger partial charge >= 0.3 is 0 Å². The van der Waals surface area contributed by atoms with E-state index in [2.05, 4.69) is 258 Å². The number of rotatable bonds is 5. The van der Waals surface area contributed by atoms with Gasteiger partial charge in [-0.1, -0.05) is 224 Å². The third kappa shape index (κ3) is 5.86. The highest BCUT2D eigenvalue weighted by molar-refractivity contribution is 7.21. The van der Waals surface area contributed by atoms with Crippen molar-refractivity contribution in [2.45, 2.75) is 0 Å². The van der Waals surface area contributed by atoms with Crippen molar-refractivity contribution >= 4 is 72.4 Å². The molecule has 0 fully saturated rings. The monoisotopic (exact) mass is 895 g/mol. The molecule has 6 heteroatoms. The summed E-state index contributed by atoms with van der Waals surface area (Å²) >= 11 is 0. The fraction of sp³-hybridized carbons (Fsp3) is 0. The summed E-state index contributed by atoms with van der Waals surface area (Å²) < 4.78 is 4.41. The molecule has 14 rings (SSSR count). The molecule has 5 nitrogen and oxygen atoms in total. The van der Waals surface area contributed by atoms with Crippen molar-refractivity contribution in [3.05, 3.63) is 249 Å². The quantitative estimate of drug-likeness (QED) is 0.162. The van der Waals surface area contributed by atoms with E-state index in [1.165, 1.54) is 54.1 Å². The number of para-hydroxylation sites is 4. The minimum atomic E-state index is -3.25. The average Bonchev–Trinajstić information content (AvgIpc) is 3.96. The largest absolute Gasteiger partial charge is 0.278 e. The summed E-state index contributed by atoms with van der Waals surface area (Å²) in [6.07, 6.45) is 0. The predicted molar refractivity (Wildman–Crippen MR) is 287 cm³/mol. The van der Waals surface area contributed by atoms with Crippen molar-refractivity contribution in [2.75, 3.05) is 0 Å². The molecule has 0 saturated carbocycles. The first-order valence-electron chi connectivity index (χ1n) is 23.5. The fourth-order valence-corrected chi connectivity index (χ4v) is 16.7. The average molecular weight is 896 g/mol. The third-order valence-electron chi connectivity index (χ3n) is 14.3. The predicted octanol–water partition coefficient (Wildman–Crippen LogP) is 12.4. The van der Waals surface area contributed by atoms with Crippen LogP contribution in [0.3, 0.4) is 0 Å². The molecule has 0 radical (unpaired) electrons. The minimum absolute atomic E-state index is 0.557. The molecule has 0 amide bonds. The SMILES string of the molecule is c1ccc([Si]2(c3cccc(-c4nc(-n5c6ccccc6c6ccccc65)nc(-n5c6ccccc6c6ccccc65)n4)c3)c3ccccc3-c3ccccc3-c3ccccc3-c3ccccc32)cc1. The fourth-order valence-electron chi connectivity index (χ4n) is 11.5. The molecule has 322 valence electrons. The van der Waals surface area contributed by atoms with Gasteiger partial charge in [0.15, 0.2) is 13.9 Å². The second-order valence-electron chi connectivity index (χ2n) is 17.9. The third-order valence-corrected chi connectivity index (χ3v) is 19.2. The van der Waals surface area contributed by atoms with Crippen molar-refractivity contribution < 1.29 is 0 Å². The van der Waals surface area contributed by atoms with Gasteiger partial charge < -0.3 is 0 Å². The lowest BCUT2D eigenvalue weighted by Crippen LogP contribution is -2.75. The Hall–Kier alpha value is -8.97. The van der Waals surface area contributed by atoms with E-state index in [9.17, 15) is 0 Å². The van der Waals surface area contributed by atoms with Crippen molar-refractivity contribution in [3.8, 4) is 56.7 Å². The van der Waals surface area contributed by atoms with Gasteiger partial charge in [-0.25, -0.2) is 0 Å². The van der Waals surface area contributed by atoms with Gasteiger partial charge in [-0.3, -0.25) is 9.13 Å². The van der Waals surface area contributed by atoms with E-state index in [0.29, 0.717) is 17.7 Å². The molecule has 0 spiro atoms. The number of hydrogen-bond acceptors (Lipinski definition) is 3. The van der Waals surface area contributed by atoms with Gasteiger partial charge in [-0.15, -0.1) is 0 Å². The first-order valence-corrected chi connectivity index (χ1v) is 25.5. The second kappa shape index (κ2) is 15.6. The molecule has 0 N–H and O–H groups in total. The summed E-state index contributed by atoms with van der Waals surface area (Å²) in [4.78, 5) is 16.5. The van der Waals surface area contributed by atoms with Crippen LogP contribution in [0, 0.1) is 0 Å². The summed E-state index contributed by atoms with van der Waals surface area (Å²) in [6.45, 7) is 0. The van der Waals surface area contributed by atoms with Crippen LogP contribution in [0.25, 0.3) is 100 Å². The van der Waals surface area contributed by atoms with Crippen LogP contribution in [0.2, 0.25) is 0 Å². The molecule has 3 aromatic heterocycles. The molecular formula is C63H41N5Si. The summed E-state index contributed by atoms with van der Waals surface area (Å²) in [5.74, 6) is 1.71. The van der Waals surface area contributed by atoms with Gasteiger partial charge in [0.1, 0.15) is 0 Å². The topological polar surface area (TPSA) is 48.5 Å². The zero-order chi connectivity index (χ0) is 45.5. The van der Waals surface area contributed by atoms with Crippen molar-refractivity contribution in [2.24, 2.45) is 0 Å². The van der Waals surface area contributed by atoms with E-state index in [0.717, 1.165) is 49.2 Å². The normalized spacial score (nSPS) is 12.8. The van der Waals surface area contributed by atoms with Crippen LogP contribution in [0.4, 0.5) is 0 Å². The maximum Gasteiger partial charge on any atom is 0.240 e. The second-order valence-corrected chi connectivity index (χ2v) is 21.6. The van der Waals surface area contributed by atoms with Gasteiger partial charge in [-0.05, 0) is 78.4 Å². The summed E-state index contributed by atoms with van der Waals surface area (Å²) in [7, 11) is -3.25. The number of hydrogen-bond donors (Lipinski definition) is 0. The molecule has 1 aliphatic rings. The summed E-state index contributed by atoms with van der Waals surface area (Å²) in [5, 5.41) is 9.77. The molecule has 0 bridgehead atoms. The van der Waals surface area contributed by atoms with Crippen molar-refractivity contribution in [3.63, 3.8) is 0 Å². The molecule has 0 atom stereocenters. The maximum absolute atomic E-state index is 5.54. The van der Waals surface area contributed by atoms with Gasteiger partial charge in [0.25, 0.3) is 0 Å². The molecular weight excluding hydrogens is 855 g/mol. The molecule has 10 aromatic carbocycles. The molecule has 0 unspecified atom stereocenters. The van der Waals surface area contributed by atoms with E-state index in [-0.39, 0.29) is 0 Å². The Bertz CT molecular complexity index is 3840. The number of fused-ring (bicyclic) bond motifs is 13. The molecule has 1 aliphatic heterocycles. The van der Waals surface area contributed by atoms with Crippen LogP contribution in [0.5, 0.6) is 0 Å². The molecule has 69 heavy (non-hydrogen) atoms. The highest BCUT2D eigenvalue weighted by Crippen LogP contribution is 2.40. The summed E-state index contributed by atoms with van der Waals surface area (Å²) in [5.41, 5.74) is 12.4. The number of benzene rings is 10. The molecule has 4 heterocycles. The standard InChI is InChI=1S/C63H41N5Si/c1-2-22-43(23-3-1)69(59-39-18-12-33-53(59)47-27-6-4-25-45(47)46-26-5-7-28-48(46)54-34-13-19-40-60(54)69)44-24-20-21-42(41-44)61-64-62(67-55-35-14-8-29-49(55)50-30-9-15-36-56(50)67)66-63(65-61)68-57-37-16-10-31-51(57)52-32-11-17-38-58(52)68/h1-41H. The van der Waals surface area contributed by atoms with Crippen LogP contribution in [-0.4, -0.2) is 32.2 Å². The van der Waals surface area contributed by atoms with Crippen molar-refractivity contribution in [1.82, 2.24) is 24.1 Å². The molecule has 0 saturated heterocycles. The van der Waals surface area contributed by atoms with Crippen LogP contribution in [-0.2, 0) is 0 Å². The Kier molecular flexibility index (Phi) is 8.84. The lowest BCUT2D eigenvalue weighted by atomic mass is 9.89. The Morgan fingerprint density at radius 3 is 1.07 bits per heavy atom. The van der Waals surface area contributed by atoms with Gasteiger partial charge in [0.05, 0.1) is 22.1 Å². The lowest BCUT2D eigenvalue weighted by molar-refractivity contribution is 0.893. The Morgan fingerprint density at radius 2 is 0.623 bits per heavy atom. The van der Waals surface area contributed by atoms with E-state index in [1.54, 1.807) is 0 Å². The lowest BCUT2D eigenvalue weighted by Gasteiger charge is -2.37.